The first kappa shape index (κ1) is 9.53. The van der Waals surface area contributed by atoms with Gasteiger partial charge < -0.3 is 10.6 Å². The first-order valence-corrected chi connectivity index (χ1v) is 5.32. The summed E-state index contributed by atoms with van der Waals surface area (Å²) in [4.78, 5) is 0. The lowest BCUT2D eigenvalue weighted by molar-refractivity contribution is 0.419. The molecular weight excluding hydrogens is 172 g/mol. The number of nitrogens with one attached hydrogen (secondary N) is 2. The Hall–Kier alpha value is -1.02. The molecule has 1 aliphatic rings. The first-order chi connectivity index (χ1) is 6.77. The van der Waals surface area contributed by atoms with E-state index in [1.54, 1.807) is 0 Å². The van der Waals surface area contributed by atoms with Gasteiger partial charge in [-0.1, -0.05) is 32.0 Å². The van der Waals surface area contributed by atoms with Gasteiger partial charge in [-0.05, 0) is 17.5 Å². The highest BCUT2D eigenvalue weighted by molar-refractivity contribution is 5.51. The fourth-order valence-corrected chi connectivity index (χ4v) is 1.85. The molecule has 0 amide bonds. The molecule has 0 saturated carbocycles. The molecule has 14 heavy (non-hydrogen) atoms. The van der Waals surface area contributed by atoms with E-state index in [-0.39, 0.29) is 0 Å². The molecule has 0 spiro atoms. The van der Waals surface area contributed by atoms with Gasteiger partial charge in [0, 0.05) is 24.8 Å². The highest BCUT2D eigenvalue weighted by Crippen LogP contribution is 2.18. The van der Waals surface area contributed by atoms with Crippen molar-refractivity contribution in [2.45, 2.75) is 26.4 Å². The van der Waals surface area contributed by atoms with Gasteiger partial charge in [0.15, 0.2) is 0 Å². The van der Waals surface area contributed by atoms with Crippen molar-refractivity contribution in [2.24, 2.45) is 5.92 Å². The fraction of sp³-hybridized carbons (Fsp3) is 0.500. The lowest BCUT2D eigenvalue weighted by Gasteiger charge is -2.19. The summed E-state index contributed by atoms with van der Waals surface area (Å²) in [7, 11) is 0. The normalized spacial score (nSPS) is 21.2. The average molecular weight is 190 g/mol. The Morgan fingerprint density at radius 1 is 1.29 bits per heavy atom. The maximum atomic E-state index is 3.57. The van der Waals surface area contributed by atoms with Gasteiger partial charge in [0.1, 0.15) is 0 Å². The van der Waals surface area contributed by atoms with Crippen LogP contribution in [0.15, 0.2) is 24.3 Å². The van der Waals surface area contributed by atoms with E-state index in [2.05, 4.69) is 48.7 Å². The van der Waals surface area contributed by atoms with E-state index in [1.165, 1.54) is 11.3 Å². The molecule has 1 aromatic rings. The molecule has 2 nitrogen and oxygen atoms in total. The topological polar surface area (TPSA) is 24.1 Å². The quantitative estimate of drug-likeness (QED) is 0.709. The van der Waals surface area contributed by atoms with Gasteiger partial charge in [-0.3, -0.25) is 0 Å². The van der Waals surface area contributed by atoms with Crippen molar-refractivity contribution < 1.29 is 0 Å². The van der Waals surface area contributed by atoms with Crippen LogP contribution in [0.1, 0.15) is 19.4 Å². The smallest absolute Gasteiger partial charge is 0.0386 e. The molecule has 0 aliphatic carbocycles. The van der Waals surface area contributed by atoms with Gasteiger partial charge in [-0.2, -0.15) is 0 Å². The lowest BCUT2D eigenvalue weighted by atomic mass is 10.1. The van der Waals surface area contributed by atoms with Crippen molar-refractivity contribution in [3.63, 3.8) is 0 Å². The largest absolute Gasteiger partial charge is 0.383 e. The monoisotopic (exact) mass is 190 g/mol. The van der Waals surface area contributed by atoms with Gasteiger partial charge >= 0.3 is 0 Å². The first-order valence-electron chi connectivity index (χ1n) is 5.32. The van der Waals surface area contributed by atoms with Crippen LogP contribution < -0.4 is 10.6 Å². The van der Waals surface area contributed by atoms with E-state index in [0.29, 0.717) is 12.0 Å². The van der Waals surface area contributed by atoms with Crippen LogP contribution in [0, 0.1) is 5.92 Å². The van der Waals surface area contributed by atoms with Gasteiger partial charge in [0.2, 0.25) is 0 Å². The second-order valence-electron chi connectivity index (χ2n) is 4.27. The number of hydrogen-bond acceptors (Lipinski definition) is 2. The van der Waals surface area contributed by atoms with Crippen molar-refractivity contribution in [3.8, 4) is 0 Å². The zero-order valence-electron chi connectivity index (χ0n) is 8.88. The van der Waals surface area contributed by atoms with Gasteiger partial charge in [-0.25, -0.2) is 0 Å². The number of fused-ring (bicyclic) bond motifs is 1. The Labute approximate surface area is 85.7 Å². The number of rotatable bonds is 1. The Bertz CT molecular complexity index is 280. The maximum absolute atomic E-state index is 3.57. The minimum atomic E-state index is 0.572. The summed E-state index contributed by atoms with van der Waals surface area (Å²) >= 11 is 0. The van der Waals surface area contributed by atoms with Gasteiger partial charge in [-0.15, -0.1) is 0 Å². The Morgan fingerprint density at radius 2 is 2.07 bits per heavy atom. The predicted molar refractivity (Wildman–Crippen MR) is 60.4 cm³/mol. The second-order valence-corrected chi connectivity index (χ2v) is 4.27. The molecule has 0 aromatic heterocycles. The molecule has 0 radical (unpaired) electrons. The third kappa shape index (κ3) is 1.90. The van der Waals surface area contributed by atoms with Crippen molar-refractivity contribution in [1.82, 2.24) is 5.32 Å². The highest BCUT2D eigenvalue weighted by Gasteiger charge is 2.16. The zero-order chi connectivity index (χ0) is 9.97. The van der Waals surface area contributed by atoms with Crippen LogP contribution in [-0.2, 0) is 6.54 Å². The van der Waals surface area contributed by atoms with Crippen molar-refractivity contribution >= 4 is 5.69 Å². The van der Waals surface area contributed by atoms with E-state index in [9.17, 15) is 0 Å². The number of hydrogen-bond donors (Lipinski definition) is 2. The number of para-hydroxylation sites is 1. The van der Waals surface area contributed by atoms with Crippen molar-refractivity contribution in [1.29, 1.82) is 0 Å². The lowest BCUT2D eigenvalue weighted by Crippen LogP contribution is -2.37. The minimum absolute atomic E-state index is 0.572. The summed E-state index contributed by atoms with van der Waals surface area (Å²) in [6, 6.07) is 9.08. The molecular formula is C12H18N2. The third-order valence-electron chi connectivity index (χ3n) is 2.89. The fourth-order valence-electron chi connectivity index (χ4n) is 1.85. The number of benzene rings is 1. The summed E-state index contributed by atoms with van der Waals surface area (Å²) in [5.74, 6) is 0.678. The minimum Gasteiger partial charge on any atom is -0.383 e. The SMILES string of the molecule is CC(C)C1CNc2ccccc2CN1. The molecule has 1 atom stereocenters. The molecule has 1 unspecified atom stereocenters. The van der Waals surface area contributed by atoms with Crippen molar-refractivity contribution in [3.05, 3.63) is 29.8 Å². The molecule has 0 fully saturated rings. The predicted octanol–water partition coefficient (Wildman–Crippen LogP) is 2.23. The third-order valence-corrected chi connectivity index (χ3v) is 2.89. The molecule has 1 heterocycles. The van der Waals surface area contributed by atoms with Crippen LogP contribution in [0.25, 0.3) is 0 Å². The van der Waals surface area contributed by atoms with E-state index >= 15 is 0 Å². The Morgan fingerprint density at radius 3 is 2.86 bits per heavy atom. The van der Waals surface area contributed by atoms with E-state index in [0.717, 1.165) is 13.1 Å². The summed E-state index contributed by atoms with van der Waals surface area (Å²) in [6.45, 7) is 6.52. The van der Waals surface area contributed by atoms with E-state index < -0.39 is 0 Å². The zero-order valence-corrected chi connectivity index (χ0v) is 8.88. The van der Waals surface area contributed by atoms with Crippen LogP contribution in [0.5, 0.6) is 0 Å². The molecule has 0 bridgehead atoms. The Kier molecular flexibility index (Phi) is 2.73. The standard InChI is InChI=1S/C12H18N2/c1-9(2)12-8-14-11-6-4-3-5-10(11)7-13-12/h3-6,9,12-14H,7-8H2,1-2H3. The van der Waals surface area contributed by atoms with Crippen LogP contribution in [0.2, 0.25) is 0 Å². The van der Waals surface area contributed by atoms with Crippen LogP contribution in [0.3, 0.4) is 0 Å². The molecule has 0 saturated heterocycles. The van der Waals surface area contributed by atoms with Gasteiger partial charge in [0.25, 0.3) is 0 Å². The molecule has 2 rings (SSSR count). The van der Waals surface area contributed by atoms with Crippen molar-refractivity contribution in [2.75, 3.05) is 11.9 Å². The summed E-state index contributed by atoms with van der Waals surface area (Å²) < 4.78 is 0. The van der Waals surface area contributed by atoms with Gasteiger partial charge in [0.05, 0.1) is 0 Å². The average Bonchev–Trinajstić information content (AvgIpc) is 2.39. The molecule has 1 aromatic carbocycles. The summed E-state index contributed by atoms with van der Waals surface area (Å²) in [5.41, 5.74) is 2.65. The van der Waals surface area contributed by atoms with Crippen LogP contribution >= 0.6 is 0 Å². The van der Waals surface area contributed by atoms with E-state index in [4.69, 9.17) is 0 Å². The molecule has 2 heteroatoms. The summed E-state index contributed by atoms with van der Waals surface area (Å²) in [6.07, 6.45) is 0. The Balaban J connectivity index is 2.14. The maximum Gasteiger partial charge on any atom is 0.0386 e. The second kappa shape index (κ2) is 4.01. The molecule has 1 aliphatic heterocycles. The van der Waals surface area contributed by atoms with Crippen LogP contribution in [-0.4, -0.2) is 12.6 Å². The highest BCUT2D eigenvalue weighted by atomic mass is 15.0. The number of anilines is 1. The van der Waals surface area contributed by atoms with Crippen LogP contribution in [0.4, 0.5) is 5.69 Å². The van der Waals surface area contributed by atoms with E-state index in [1.807, 2.05) is 0 Å². The molecule has 2 N–H and O–H groups in total. The molecule has 76 valence electrons. The summed E-state index contributed by atoms with van der Waals surface area (Å²) in [5, 5.41) is 7.07.